The normalized spacial score (nSPS) is 12.1. The van der Waals surface area contributed by atoms with Gasteiger partial charge in [-0.25, -0.2) is 7.91 Å². The molecule has 0 heterocycles. The van der Waals surface area contributed by atoms with Crippen molar-refractivity contribution in [2.75, 3.05) is 27.2 Å². The molecule has 0 spiro atoms. The summed E-state index contributed by atoms with van der Waals surface area (Å²) in [5.74, 6) is 0. The van der Waals surface area contributed by atoms with E-state index < -0.39 is 5.60 Å². The van der Waals surface area contributed by atoms with Gasteiger partial charge in [-0.15, -0.1) is 0 Å². The summed E-state index contributed by atoms with van der Waals surface area (Å²) < 4.78 is 11.5. The number of rotatable bonds is 6. The number of amides is 1. The van der Waals surface area contributed by atoms with Gasteiger partial charge in [0.1, 0.15) is 5.60 Å². The summed E-state index contributed by atoms with van der Waals surface area (Å²) in [7, 11) is 3.98. The number of nitrogens with zero attached hydrogens (tertiary/aromatic N) is 2. The number of hydrogen-bond donors (Lipinski definition) is 2. The van der Waals surface area contributed by atoms with Gasteiger partial charge in [-0.3, -0.25) is 0 Å². The zero-order chi connectivity index (χ0) is 15.6. The molecule has 1 amide bonds. The number of unbranched alkanes of at least 4 members (excludes halogenated alkanes) is 1. The first-order chi connectivity index (χ1) is 9.20. The molecule has 0 aromatic heterocycles. The van der Waals surface area contributed by atoms with Crippen LogP contribution in [0.4, 0.5) is 4.79 Å². The number of ether oxygens (including phenoxy) is 1. The summed E-state index contributed by atoms with van der Waals surface area (Å²) in [6, 6.07) is 0. The van der Waals surface area contributed by atoms with E-state index in [1.54, 1.807) is 0 Å². The molecule has 0 bridgehead atoms. The Labute approximate surface area is 137 Å². The van der Waals surface area contributed by atoms with Crippen LogP contribution >= 0.6 is 33.5 Å². The van der Waals surface area contributed by atoms with Gasteiger partial charge in [0.2, 0.25) is 0 Å². The van der Waals surface area contributed by atoms with Gasteiger partial charge >= 0.3 is 6.09 Å². The van der Waals surface area contributed by atoms with Gasteiger partial charge in [-0.2, -0.15) is 3.15 Å². The summed E-state index contributed by atoms with van der Waals surface area (Å²) in [5, 5.41) is 6.38. The van der Waals surface area contributed by atoms with Crippen molar-refractivity contribution >= 4 is 44.7 Å². The van der Waals surface area contributed by atoms with Crippen LogP contribution in [-0.2, 0) is 4.74 Å². The molecule has 0 unspecified atom stereocenters. The Morgan fingerprint density at radius 3 is 2.30 bits per heavy atom. The summed E-state index contributed by atoms with van der Waals surface area (Å²) in [5.41, 5.74) is -0.450. The highest BCUT2D eigenvalue weighted by Gasteiger charge is 2.15. The van der Waals surface area contributed by atoms with E-state index in [2.05, 4.69) is 16.9 Å². The predicted octanol–water partition coefficient (Wildman–Crippen LogP) is 2.80. The van der Waals surface area contributed by atoms with E-state index >= 15 is 0 Å². The van der Waals surface area contributed by atoms with Crippen molar-refractivity contribution < 1.29 is 9.53 Å². The minimum atomic E-state index is -0.450. The molecule has 0 aliphatic carbocycles. The quantitative estimate of drug-likeness (QED) is 0.302. The van der Waals surface area contributed by atoms with Crippen molar-refractivity contribution in [2.45, 2.75) is 39.2 Å². The highest BCUT2D eigenvalue weighted by Crippen LogP contribution is 2.06. The summed E-state index contributed by atoms with van der Waals surface area (Å²) in [6.07, 6.45) is 1.43. The highest BCUT2D eigenvalue weighted by molar-refractivity contribution is 14.1. The minimum Gasteiger partial charge on any atom is -0.444 e. The molecular formula is C12H25IN4O2S. The number of hydrogen-bond acceptors (Lipinski definition) is 3. The first kappa shape index (κ1) is 19.7. The number of carbonyl (C=O) groups excluding carboxylic acids is 1. The smallest absolute Gasteiger partial charge is 0.407 e. The topological polar surface area (TPSA) is 66.0 Å². The molecule has 2 N–H and O–H groups in total. The fourth-order valence-electron chi connectivity index (χ4n) is 1.09. The zero-order valence-corrected chi connectivity index (χ0v) is 15.8. The Morgan fingerprint density at radius 2 is 1.80 bits per heavy atom. The average molecular weight is 416 g/mol. The van der Waals surface area contributed by atoms with Gasteiger partial charge in [0, 0.05) is 13.1 Å². The third-order valence-electron chi connectivity index (χ3n) is 1.81. The molecule has 0 aliphatic heterocycles. The van der Waals surface area contributed by atoms with Crippen LogP contribution in [0.15, 0.2) is 3.15 Å². The molecule has 6 nitrogen and oxygen atoms in total. The van der Waals surface area contributed by atoms with Crippen LogP contribution in [-0.4, -0.2) is 47.1 Å². The second-order valence-electron chi connectivity index (χ2n) is 5.31. The Kier molecular flexibility index (Phi) is 10.2. The molecule has 0 rings (SSSR count). The largest absolute Gasteiger partial charge is 0.444 e. The van der Waals surface area contributed by atoms with Crippen LogP contribution in [0.25, 0.3) is 0 Å². The number of carbonyl (C=O) groups is 1. The molecule has 0 aliphatic rings. The molecule has 0 saturated heterocycles. The lowest BCUT2D eigenvalue weighted by Gasteiger charge is -2.19. The van der Waals surface area contributed by atoms with E-state index in [1.165, 1.54) is 0 Å². The predicted molar refractivity (Wildman–Crippen MR) is 94.2 cm³/mol. The van der Waals surface area contributed by atoms with E-state index in [-0.39, 0.29) is 27.4 Å². The molecular weight excluding hydrogens is 391 g/mol. The van der Waals surface area contributed by atoms with Gasteiger partial charge in [-0.1, -0.05) is 0 Å². The van der Waals surface area contributed by atoms with Crippen LogP contribution < -0.4 is 10.6 Å². The molecule has 20 heavy (non-hydrogen) atoms. The summed E-state index contributed by atoms with van der Waals surface area (Å²) in [4.78, 5) is 11.4. The molecule has 8 heteroatoms. The highest BCUT2D eigenvalue weighted by atomic mass is 127. The Bertz CT molecular complexity index is 343. The fraction of sp³-hybridized carbons (Fsp3) is 0.833. The molecule has 0 saturated carbocycles. The van der Waals surface area contributed by atoms with Crippen molar-refractivity contribution in [3.63, 3.8) is 0 Å². The maximum absolute atomic E-state index is 11.4. The summed E-state index contributed by atoms with van der Waals surface area (Å²) in [6.45, 7) is 6.91. The van der Waals surface area contributed by atoms with E-state index in [0.29, 0.717) is 11.7 Å². The Hall–Kier alpha value is -0.350. The van der Waals surface area contributed by atoms with Gasteiger partial charge in [-0.05, 0) is 59.9 Å². The van der Waals surface area contributed by atoms with Gasteiger partial charge in [0.25, 0.3) is 0 Å². The average Bonchev–Trinajstić information content (AvgIpc) is 2.28. The maximum Gasteiger partial charge on any atom is 0.407 e. The van der Waals surface area contributed by atoms with Gasteiger partial charge < -0.3 is 15.4 Å². The van der Waals surface area contributed by atoms with Crippen molar-refractivity contribution in [3.8, 4) is 0 Å². The van der Waals surface area contributed by atoms with Crippen LogP contribution in [0.2, 0.25) is 0 Å². The molecule has 0 atom stereocenters. The van der Waals surface area contributed by atoms with E-state index in [0.717, 1.165) is 19.4 Å². The van der Waals surface area contributed by atoms with Crippen molar-refractivity contribution in [1.82, 2.24) is 13.7 Å². The minimum absolute atomic E-state index is 0.346. The standard InChI is InChI=1S/C12H25IN4O2S/c1-12(2,3)19-11(18)15-9-7-6-8-14-10(20)16-13-17(4)5/h6-9H2,1-5H3,(H,14,20)(H,15,18). The Morgan fingerprint density at radius 1 is 1.25 bits per heavy atom. The van der Waals surface area contributed by atoms with E-state index in [9.17, 15) is 4.79 Å². The maximum atomic E-state index is 11.4. The third kappa shape index (κ3) is 14.1. The molecule has 0 aromatic carbocycles. The lowest BCUT2D eigenvalue weighted by Crippen LogP contribution is -2.33. The second-order valence-corrected chi connectivity index (χ2v) is 8.54. The fourth-order valence-corrected chi connectivity index (χ4v) is 2.20. The van der Waals surface area contributed by atoms with E-state index in [1.807, 2.05) is 34.9 Å². The lowest BCUT2D eigenvalue weighted by molar-refractivity contribution is 0.0527. The van der Waals surface area contributed by atoms with Crippen LogP contribution in [0.1, 0.15) is 33.6 Å². The Balaban J connectivity index is 3.54. The van der Waals surface area contributed by atoms with Crippen LogP contribution in [0.5, 0.6) is 0 Å². The third-order valence-corrected chi connectivity index (χ3v) is 3.94. The SMILES string of the molecule is CN(C)I=NC(=S)NCCCCNC(=O)OC(C)(C)C. The number of alkyl carbamates (subject to hydrolysis) is 1. The van der Waals surface area contributed by atoms with Crippen molar-refractivity contribution in [3.05, 3.63) is 0 Å². The molecule has 0 radical (unpaired) electrons. The van der Waals surface area contributed by atoms with Crippen molar-refractivity contribution in [2.24, 2.45) is 3.15 Å². The van der Waals surface area contributed by atoms with Crippen molar-refractivity contribution in [1.29, 1.82) is 0 Å². The van der Waals surface area contributed by atoms with Gasteiger partial charge in [0.15, 0.2) is 5.11 Å². The van der Waals surface area contributed by atoms with Gasteiger partial charge in [0.05, 0.1) is 21.3 Å². The first-order valence-electron chi connectivity index (χ1n) is 6.48. The summed E-state index contributed by atoms with van der Waals surface area (Å²) >= 11 is 4.74. The molecule has 0 aromatic rings. The zero-order valence-electron chi connectivity index (χ0n) is 12.8. The number of thiocarbonyl (C=S) groups is 1. The van der Waals surface area contributed by atoms with Crippen LogP contribution in [0, 0.1) is 0 Å². The monoisotopic (exact) mass is 416 g/mol. The number of halogens is 1. The molecule has 118 valence electrons. The van der Waals surface area contributed by atoms with E-state index in [4.69, 9.17) is 17.0 Å². The first-order valence-corrected chi connectivity index (χ1v) is 8.82. The lowest BCUT2D eigenvalue weighted by atomic mass is 10.2. The molecule has 0 fully saturated rings. The number of nitrogens with one attached hydrogen (secondary N) is 2. The second kappa shape index (κ2) is 10.4. The van der Waals surface area contributed by atoms with Crippen LogP contribution in [0.3, 0.4) is 0 Å².